The molecule has 8 nitrogen and oxygen atoms in total. The van der Waals surface area contributed by atoms with E-state index in [-0.39, 0.29) is 22.8 Å². The Morgan fingerprint density at radius 1 is 1.19 bits per heavy atom. The van der Waals surface area contributed by atoms with Crippen LogP contribution in [0.25, 0.3) is 10.9 Å². The smallest absolute Gasteiger partial charge is 0.417 e. The second-order valence-corrected chi connectivity index (χ2v) is 8.61. The van der Waals surface area contributed by atoms with Crippen LogP contribution in [0.3, 0.4) is 0 Å². The van der Waals surface area contributed by atoms with Gasteiger partial charge in [-0.2, -0.15) is 13.2 Å². The zero-order valence-corrected chi connectivity index (χ0v) is 20.8. The molecule has 3 heterocycles. The summed E-state index contributed by atoms with van der Waals surface area (Å²) in [5.74, 6) is -0.837. The highest BCUT2D eigenvalue weighted by molar-refractivity contribution is 6.45. The van der Waals surface area contributed by atoms with Gasteiger partial charge in [0.2, 0.25) is 5.90 Å². The molecule has 1 aliphatic heterocycles. The van der Waals surface area contributed by atoms with Gasteiger partial charge in [0, 0.05) is 47.5 Å². The zero-order valence-electron chi connectivity index (χ0n) is 20.1. The average Bonchev–Trinajstić information content (AvgIpc) is 3.14. The number of alkyl halides is 3. The van der Waals surface area contributed by atoms with Gasteiger partial charge in [-0.05, 0) is 31.2 Å². The Bertz CT molecular complexity index is 1460. The summed E-state index contributed by atoms with van der Waals surface area (Å²) in [6.07, 6.45) is -1.90. The molecule has 1 aliphatic rings. The number of ketones is 1. The molecule has 0 saturated heterocycles. The molecular formula is C25H22ClF3N4O4. The van der Waals surface area contributed by atoms with Crippen molar-refractivity contribution in [2.45, 2.75) is 26.1 Å². The number of methoxy groups -OCH3 is 2. The van der Waals surface area contributed by atoms with E-state index in [2.05, 4.69) is 15.3 Å². The molecule has 1 aromatic carbocycles. The summed E-state index contributed by atoms with van der Waals surface area (Å²) in [5.41, 5.74) is 0.797. The molecular weight excluding hydrogens is 513 g/mol. The van der Waals surface area contributed by atoms with Crippen LogP contribution in [0.4, 0.5) is 13.2 Å². The van der Waals surface area contributed by atoms with Crippen LogP contribution in [0, 0.1) is 6.92 Å². The number of pyridine rings is 1. The van der Waals surface area contributed by atoms with E-state index in [0.29, 0.717) is 53.1 Å². The van der Waals surface area contributed by atoms with E-state index >= 15 is 0 Å². The average molecular weight is 535 g/mol. The van der Waals surface area contributed by atoms with E-state index < -0.39 is 23.4 Å². The molecule has 1 N–H and O–H groups in total. The van der Waals surface area contributed by atoms with Gasteiger partial charge in [0.1, 0.15) is 5.75 Å². The van der Waals surface area contributed by atoms with Gasteiger partial charge in [0.25, 0.3) is 11.7 Å². The lowest BCUT2D eigenvalue weighted by atomic mass is 10.1. The third-order valence-corrected chi connectivity index (χ3v) is 6.27. The summed E-state index contributed by atoms with van der Waals surface area (Å²) < 4.78 is 51.2. The number of Topliss-reactive ketones (excluding diaryl/α,β-unsaturated/α-hetero) is 1. The quantitative estimate of drug-likeness (QED) is 0.365. The lowest BCUT2D eigenvalue weighted by Crippen LogP contribution is -2.32. The minimum atomic E-state index is -4.58. The maximum Gasteiger partial charge on any atom is 0.417 e. The van der Waals surface area contributed by atoms with Gasteiger partial charge in [-0.3, -0.25) is 19.6 Å². The molecule has 3 aromatic rings. The number of carbonyl (C=O) groups excluding carboxylic acids is 2. The number of carbonyl (C=O) groups is 2. The van der Waals surface area contributed by atoms with Gasteiger partial charge >= 0.3 is 6.18 Å². The van der Waals surface area contributed by atoms with Crippen molar-refractivity contribution in [1.29, 1.82) is 0 Å². The Morgan fingerprint density at radius 2 is 1.95 bits per heavy atom. The number of amides is 1. The number of hydrogen-bond donors (Lipinski definition) is 1. The molecule has 0 fully saturated rings. The molecule has 0 radical (unpaired) electrons. The monoisotopic (exact) mass is 534 g/mol. The Labute approximate surface area is 214 Å². The topological polar surface area (TPSA) is 94.8 Å². The molecule has 194 valence electrons. The summed E-state index contributed by atoms with van der Waals surface area (Å²) in [7, 11) is 2.92. The van der Waals surface area contributed by atoms with Crippen LogP contribution >= 0.6 is 11.6 Å². The normalized spacial score (nSPS) is 13.7. The van der Waals surface area contributed by atoms with Crippen LogP contribution in [-0.4, -0.2) is 47.9 Å². The molecule has 0 spiro atoms. The predicted octanol–water partition coefficient (Wildman–Crippen LogP) is 4.71. The summed E-state index contributed by atoms with van der Waals surface area (Å²) >= 11 is 6.14. The van der Waals surface area contributed by atoms with E-state index in [9.17, 15) is 22.8 Å². The first-order valence-corrected chi connectivity index (χ1v) is 11.4. The third kappa shape index (κ3) is 5.31. The lowest BCUT2D eigenvalue weighted by molar-refractivity contribution is -0.137. The standard InChI is InChI=1S/C25H22ClF3N4O4/c1-13-22(23(34)24(35)32-15-6-7-30-21(9-15)37-3)17-10-16(36-2)4-5-20(17)33(13)12-19-18(26)8-14(11-31-19)25(27,28)29/h4-5,8-11H,6-7,12H2,1-3H3,(H,32,35). The second-order valence-electron chi connectivity index (χ2n) is 8.21. The maximum absolute atomic E-state index is 13.4. The molecule has 1 amide bonds. The minimum absolute atomic E-state index is 0.0284. The van der Waals surface area contributed by atoms with Crippen molar-refractivity contribution < 1.29 is 32.2 Å². The first-order chi connectivity index (χ1) is 17.5. The van der Waals surface area contributed by atoms with Gasteiger partial charge in [0.05, 0.1) is 42.6 Å². The number of rotatable bonds is 6. The minimum Gasteiger partial charge on any atom is -0.497 e. The van der Waals surface area contributed by atoms with Crippen LogP contribution in [0.5, 0.6) is 5.75 Å². The molecule has 2 aromatic heterocycles. The van der Waals surface area contributed by atoms with Crippen molar-refractivity contribution in [2.75, 3.05) is 20.8 Å². The number of aliphatic imine (C=N–C) groups is 1. The Hall–Kier alpha value is -3.86. The van der Waals surface area contributed by atoms with Crippen molar-refractivity contribution in [2.24, 2.45) is 4.99 Å². The second kappa shape index (κ2) is 10.3. The Balaban J connectivity index is 1.74. The molecule has 0 unspecified atom stereocenters. The highest BCUT2D eigenvalue weighted by atomic mass is 35.5. The maximum atomic E-state index is 13.4. The number of nitrogens with zero attached hydrogens (tertiary/aromatic N) is 3. The molecule has 0 atom stereocenters. The first-order valence-electron chi connectivity index (χ1n) is 11.1. The van der Waals surface area contributed by atoms with Crippen LogP contribution in [0.15, 0.2) is 47.2 Å². The van der Waals surface area contributed by atoms with Gasteiger partial charge < -0.3 is 19.4 Å². The van der Waals surface area contributed by atoms with Crippen LogP contribution in [-0.2, 0) is 22.3 Å². The van der Waals surface area contributed by atoms with E-state index in [0.717, 1.165) is 6.07 Å². The fourth-order valence-electron chi connectivity index (χ4n) is 4.06. The number of halogens is 4. The fraction of sp³-hybridized carbons (Fsp3) is 0.280. The summed E-state index contributed by atoms with van der Waals surface area (Å²) in [5, 5.41) is 2.89. The molecule has 0 saturated carbocycles. The van der Waals surface area contributed by atoms with Crippen molar-refractivity contribution in [3.8, 4) is 5.75 Å². The van der Waals surface area contributed by atoms with Gasteiger partial charge in [0.15, 0.2) is 0 Å². The van der Waals surface area contributed by atoms with E-state index in [1.165, 1.54) is 14.2 Å². The first kappa shape index (κ1) is 26.2. The number of hydrogen-bond acceptors (Lipinski definition) is 6. The van der Waals surface area contributed by atoms with E-state index in [4.69, 9.17) is 21.1 Å². The summed E-state index contributed by atoms with van der Waals surface area (Å²) in [6, 6.07) is 5.80. The Morgan fingerprint density at radius 3 is 2.59 bits per heavy atom. The fourth-order valence-corrected chi connectivity index (χ4v) is 4.28. The molecule has 4 rings (SSSR count). The van der Waals surface area contributed by atoms with Crippen LogP contribution < -0.4 is 10.1 Å². The number of ether oxygens (including phenoxy) is 2. The SMILES string of the molecule is COC1=NCCC(NC(=O)C(=O)c2c(C)n(Cc3ncc(C(F)(F)F)cc3Cl)c3ccc(OC)cc23)=C1. The predicted molar refractivity (Wildman–Crippen MR) is 131 cm³/mol. The van der Waals surface area contributed by atoms with Crippen molar-refractivity contribution in [1.82, 2.24) is 14.9 Å². The molecule has 12 heteroatoms. The van der Waals surface area contributed by atoms with Crippen molar-refractivity contribution in [3.63, 3.8) is 0 Å². The molecule has 0 aliphatic carbocycles. The zero-order chi connectivity index (χ0) is 26.9. The largest absolute Gasteiger partial charge is 0.497 e. The number of dihydropyridines is 1. The summed E-state index contributed by atoms with van der Waals surface area (Å²) in [6.45, 7) is 2.01. The number of nitrogens with one attached hydrogen (secondary N) is 1. The Kier molecular flexibility index (Phi) is 7.26. The van der Waals surface area contributed by atoms with E-state index in [1.54, 1.807) is 35.8 Å². The highest BCUT2D eigenvalue weighted by Gasteiger charge is 2.32. The van der Waals surface area contributed by atoms with E-state index in [1.807, 2.05) is 0 Å². The van der Waals surface area contributed by atoms with Crippen LogP contribution in [0.2, 0.25) is 5.02 Å². The lowest BCUT2D eigenvalue weighted by Gasteiger charge is -2.13. The van der Waals surface area contributed by atoms with Gasteiger partial charge in [-0.25, -0.2) is 0 Å². The number of aromatic nitrogens is 2. The van der Waals surface area contributed by atoms with Crippen molar-refractivity contribution in [3.05, 3.63) is 69.8 Å². The highest BCUT2D eigenvalue weighted by Crippen LogP contribution is 2.33. The number of fused-ring (bicyclic) bond motifs is 1. The number of benzene rings is 1. The third-order valence-electron chi connectivity index (χ3n) is 5.95. The van der Waals surface area contributed by atoms with Crippen molar-refractivity contribution >= 4 is 40.1 Å². The van der Waals surface area contributed by atoms with Gasteiger partial charge in [-0.1, -0.05) is 11.6 Å². The molecule has 37 heavy (non-hydrogen) atoms. The summed E-state index contributed by atoms with van der Waals surface area (Å²) in [4.78, 5) is 34.4. The van der Waals surface area contributed by atoms with Gasteiger partial charge in [-0.15, -0.1) is 0 Å². The molecule has 0 bridgehead atoms. The van der Waals surface area contributed by atoms with Crippen LogP contribution in [0.1, 0.15) is 33.7 Å².